The van der Waals surface area contributed by atoms with Gasteiger partial charge in [0.05, 0.1) is 5.69 Å². The maximum absolute atomic E-state index is 4.30. The van der Waals surface area contributed by atoms with Crippen molar-refractivity contribution in [3.63, 3.8) is 0 Å². The number of aryl methyl sites for hydroxylation is 2. The number of aromatic nitrogens is 2. The summed E-state index contributed by atoms with van der Waals surface area (Å²) in [4.78, 5) is 2.51. The molecule has 20 heavy (non-hydrogen) atoms. The van der Waals surface area contributed by atoms with Gasteiger partial charge in [0.1, 0.15) is 0 Å². The van der Waals surface area contributed by atoms with E-state index in [-0.39, 0.29) is 0 Å². The van der Waals surface area contributed by atoms with Gasteiger partial charge in [-0.05, 0) is 24.6 Å². The third kappa shape index (κ3) is 2.76. The number of rotatable bonds is 3. The van der Waals surface area contributed by atoms with E-state index < -0.39 is 0 Å². The van der Waals surface area contributed by atoms with Crippen LogP contribution in [0.15, 0.2) is 30.5 Å². The number of hydrogen-bond donors (Lipinski definition) is 1. The fourth-order valence-electron chi connectivity index (χ4n) is 2.81. The Morgan fingerprint density at radius 3 is 2.70 bits per heavy atom. The molecule has 1 saturated heterocycles. The number of piperazine rings is 1. The molecule has 1 aromatic carbocycles. The second kappa shape index (κ2) is 5.77. The van der Waals surface area contributed by atoms with Gasteiger partial charge in [-0.2, -0.15) is 5.10 Å². The summed E-state index contributed by atoms with van der Waals surface area (Å²) in [6.45, 7) is 7.59. The van der Waals surface area contributed by atoms with E-state index in [0.29, 0.717) is 0 Å². The molecule has 1 aromatic heterocycles. The second-order valence-corrected chi connectivity index (χ2v) is 5.53. The van der Waals surface area contributed by atoms with Crippen LogP contribution in [0.25, 0.3) is 11.3 Å². The summed E-state index contributed by atoms with van der Waals surface area (Å²) in [6.07, 6.45) is 1.87. The zero-order valence-corrected chi connectivity index (χ0v) is 12.3. The molecule has 1 fully saturated rings. The van der Waals surface area contributed by atoms with Crippen LogP contribution < -0.4 is 5.32 Å². The molecule has 0 radical (unpaired) electrons. The summed E-state index contributed by atoms with van der Waals surface area (Å²) >= 11 is 0. The maximum atomic E-state index is 4.30. The van der Waals surface area contributed by atoms with Gasteiger partial charge in [-0.1, -0.05) is 17.7 Å². The van der Waals surface area contributed by atoms with E-state index in [1.165, 1.54) is 22.4 Å². The Morgan fingerprint density at radius 1 is 1.20 bits per heavy atom. The highest BCUT2D eigenvalue weighted by molar-refractivity contribution is 5.64. The third-order valence-electron chi connectivity index (χ3n) is 3.97. The zero-order valence-electron chi connectivity index (χ0n) is 12.3. The lowest BCUT2D eigenvalue weighted by molar-refractivity contribution is 0.233. The highest BCUT2D eigenvalue weighted by Crippen LogP contribution is 2.25. The average molecular weight is 270 g/mol. The van der Waals surface area contributed by atoms with Crippen molar-refractivity contribution in [2.24, 2.45) is 7.05 Å². The number of nitrogens with one attached hydrogen (secondary N) is 1. The Bertz CT molecular complexity index is 582. The minimum Gasteiger partial charge on any atom is -0.314 e. The molecule has 0 aliphatic carbocycles. The topological polar surface area (TPSA) is 33.1 Å². The molecule has 4 heteroatoms. The lowest BCUT2D eigenvalue weighted by Gasteiger charge is -2.28. The molecule has 1 N–H and O–H groups in total. The zero-order chi connectivity index (χ0) is 13.9. The minimum absolute atomic E-state index is 1.02. The fourth-order valence-corrected chi connectivity index (χ4v) is 2.81. The van der Waals surface area contributed by atoms with Crippen LogP contribution in [0.1, 0.15) is 11.1 Å². The van der Waals surface area contributed by atoms with E-state index >= 15 is 0 Å². The molecular formula is C16H22N4. The average Bonchev–Trinajstić information content (AvgIpc) is 2.88. The Morgan fingerprint density at radius 2 is 2.00 bits per heavy atom. The Labute approximate surface area is 120 Å². The van der Waals surface area contributed by atoms with Gasteiger partial charge in [-0.15, -0.1) is 0 Å². The predicted molar refractivity (Wildman–Crippen MR) is 81.5 cm³/mol. The van der Waals surface area contributed by atoms with Crippen molar-refractivity contribution >= 4 is 0 Å². The molecule has 0 bridgehead atoms. The normalized spacial score (nSPS) is 16.5. The van der Waals surface area contributed by atoms with Gasteiger partial charge in [0.2, 0.25) is 0 Å². The molecule has 1 aliphatic heterocycles. The first-order valence-corrected chi connectivity index (χ1v) is 7.25. The van der Waals surface area contributed by atoms with E-state index in [9.17, 15) is 0 Å². The molecule has 4 nitrogen and oxygen atoms in total. The van der Waals surface area contributed by atoms with Gasteiger partial charge in [-0.25, -0.2) is 0 Å². The predicted octanol–water partition coefficient (Wildman–Crippen LogP) is 1.80. The SMILES string of the molecule is Cc1ccc(CN2CCNCC2)c(-c2ccnn2C)c1. The van der Waals surface area contributed by atoms with Crippen LogP contribution in [-0.2, 0) is 13.6 Å². The molecule has 0 atom stereocenters. The van der Waals surface area contributed by atoms with Gasteiger partial charge < -0.3 is 5.32 Å². The first-order valence-electron chi connectivity index (χ1n) is 7.25. The summed E-state index contributed by atoms with van der Waals surface area (Å²) in [6, 6.07) is 8.83. The summed E-state index contributed by atoms with van der Waals surface area (Å²) in [5, 5.41) is 7.71. The number of benzene rings is 1. The molecule has 2 heterocycles. The first-order chi connectivity index (χ1) is 9.74. The minimum atomic E-state index is 1.02. The molecule has 1 aliphatic rings. The standard InChI is InChI=1S/C16H22N4/c1-13-3-4-14(12-20-9-7-17-8-10-20)15(11-13)16-5-6-18-19(16)2/h3-6,11,17H,7-10,12H2,1-2H3. The molecule has 0 amide bonds. The molecular weight excluding hydrogens is 248 g/mol. The van der Waals surface area contributed by atoms with Crippen molar-refractivity contribution in [2.45, 2.75) is 13.5 Å². The van der Waals surface area contributed by atoms with Gasteiger partial charge in [-0.3, -0.25) is 9.58 Å². The summed E-state index contributed by atoms with van der Waals surface area (Å²) in [5.74, 6) is 0. The quantitative estimate of drug-likeness (QED) is 0.923. The van der Waals surface area contributed by atoms with Crippen molar-refractivity contribution in [1.82, 2.24) is 20.0 Å². The van der Waals surface area contributed by atoms with E-state index in [1.54, 1.807) is 0 Å². The van der Waals surface area contributed by atoms with Gasteiger partial charge in [0.15, 0.2) is 0 Å². The summed E-state index contributed by atoms with van der Waals surface area (Å²) in [5.41, 5.74) is 5.19. The van der Waals surface area contributed by atoms with Crippen LogP contribution >= 0.6 is 0 Å². The molecule has 106 valence electrons. The van der Waals surface area contributed by atoms with Crippen molar-refractivity contribution in [3.05, 3.63) is 41.6 Å². The largest absolute Gasteiger partial charge is 0.314 e. The molecule has 0 saturated carbocycles. The van der Waals surface area contributed by atoms with Crippen LogP contribution in [0.3, 0.4) is 0 Å². The van der Waals surface area contributed by atoms with E-state index in [4.69, 9.17) is 0 Å². The Balaban J connectivity index is 1.92. The smallest absolute Gasteiger partial charge is 0.0682 e. The van der Waals surface area contributed by atoms with Crippen LogP contribution in [0, 0.1) is 6.92 Å². The summed E-state index contributed by atoms with van der Waals surface area (Å²) in [7, 11) is 2.01. The van der Waals surface area contributed by atoms with E-state index in [2.05, 4.69) is 46.5 Å². The van der Waals surface area contributed by atoms with Crippen molar-refractivity contribution in [1.29, 1.82) is 0 Å². The highest BCUT2D eigenvalue weighted by Gasteiger charge is 2.14. The van der Waals surface area contributed by atoms with Crippen LogP contribution in [-0.4, -0.2) is 40.9 Å². The fraction of sp³-hybridized carbons (Fsp3) is 0.438. The summed E-state index contributed by atoms with van der Waals surface area (Å²) < 4.78 is 1.95. The van der Waals surface area contributed by atoms with E-state index in [1.807, 2.05) is 17.9 Å². The first kappa shape index (κ1) is 13.3. The molecule has 3 rings (SSSR count). The lowest BCUT2D eigenvalue weighted by Crippen LogP contribution is -2.42. The van der Waals surface area contributed by atoms with E-state index in [0.717, 1.165) is 32.7 Å². The molecule has 0 spiro atoms. The Hall–Kier alpha value is -1.65. The molecule has 2 aromatic rings. The van der Waals surface area contributed by atoms with Crippen LogP contribution in [0.4, 0.5) is 0 Å². The van der Waals surface area contributed by atoms with Crippen molar-refractivity contribution in [3.8, 4) is 11.3 Å². The maximum Gasteiger partial charge on any atom is 0.0682 e. The monoisotopic (exact) mass is 270 g/mol. The number of hydrogen-bond acceptors (Lipinski definition) is 3. The third-order valence-corrected chi connectivity index (χ3v) is 3.97. The van der Waals surface area contributed by atoms with Crippen LogP contribution in [0.5, 0.6) is 0 Å². The Kier molecular flexibility index (Phi) is 3.85. The van der Waals surface area contributed by atoms with Gasteiger partial charge in [0.25, 0.3) is 0 Å². The molecule has 0 unspecified atom stereocenters. The van der Waals surface area contributed by atoms with Gasteiger partial charge in [0, 0.05) is 51.5 Å². The second-order valence-electron chi connectivity index (χ2n) is 5.53. The van der Waals surface area contributed by atoms with Crippen molar-refractivity contribution < 1.29 is 0 Å². The highest BCUT2D eigenvalue weighted by atomic mass is 15.3. The van der Waals surface area contributed by atoms with Crippen LogP contribution in [0.2, 0.25) is 0 Å². The van der Waals surface area contributed by atoms with Crippen molar-refractivity contribution in [2.75, 3.05) is 26.2 Å². The number of nitrogens with zero attached hydrogens (tertiary/aromatic N) is 3. The van der Waals surface area contributed by atoms with Gasteiger partial charge >= 0.3 is 0 Å². The lowest BCUT2D eigenvalue weighted by atomic mass is 10.0.